The molecule has 1 aliphatic rings. The Balaban J connectivity index is 1.94. The van der Waals surface area contributed by atoms with Crippen LogP contribution in [-0.2, 0) is 0 Å². The van der Waals surface area contributed by atoms with Crippen LogP contribution < -0.4 is 0 Å². The minimum atomic E-state index is -0.0375. The van der Waals surface area contributed by atoms with Gasteiger partial charge in [-0.2, -0.15) is 0 Å². The van der Waals surface area contributed by atoms with Gasteiger partial charge in [-0.1, -0.05) is 6.07 Å². The molecule has 0 aliphatic carbocycles. The van der Waals surface area contributed by atoms with Crippen LogP contribution in [0.5, 0.6) is 0 Å². The third-order valence-electron chi connectivity index (χ3n) is 4.59. The van der Waals surface area contributed by atoms with Gasteiger partial charge in [-0.15, -0.1) is 0 Å². The molecule has 1 amide bonds. The molecule has 3 rings (SSSR count). The summed E-state index contributed by atoms with van der Waals surface area (Å²) in [6.45, 7) is 5.93. The Morgan fingerprint density at radius 3 is 2.74 bits per heavy atom. The lowest BCUT2D eigenvalue weighted by atomic mass is 10.0. The van der Waals surface area contributed by atoms with Crippen molar-refractivity contribution in [3.8, 4) is 0 Å². The van der Waals surface area contributed by atoms with Crippen molar-refractivity contribution < 1.29 is 9.59 Å². The van der Waals surface area contributed by atoms with Crippen molar-refractivity contribution in [3.63, 3.8) is 0 Å². The highest BCUT2D eigenvalue weighted by Crippen LogP contribution is 2.33. The summed E-state index contributed by atoms with van der Waals surface area (Å²) in [5, 5.41) is 0. The normalized spacial score (nSPS) is 17.5. The van der Waals surface area contributed by atoms with E-state index in [0.717, 1.165) is 36.2 Å². The molecule has 1 fully saturated rings. The number of H-pyrrole nitrogens is 1. The van der Waals surface area contributed by atoms with E-state index in [-0.39, 0.29) is 17.7 Å². The number of rotatable bonds is 3. The number of nitrogens with one attached hydrogen (secondary N) is 1. The van der Waals surface area contributed by atoms with E-state index < -0.39 is 0 Å². The summed E-state index contributed by atoms with van der Waals surface area (Å²) in [5.41, 5.74) is 3.73. The summed E-state index contributed by atoms with van der Waals surface area (Å²) in [6.07, 6.45) is 5.48. The van der Waals surface area contributed by atoms with Crippen LogP contribution in [0.2, 0.25) is 0 Å². The molecule has 5 nitrogen and oxygen atoms in total. The number of aromatic nitrogens is 2. The van der Waals surface area contributed by atoms with Crippen molar-refractivity contribution >= 4 is 11.7 Å². The second-order valence-electron chi connectivity index (χ2n) is 6.12. The second kappa shape index (κ2) is 5.99. The molecule has 120 valence electrons. The number of pyridine rings is 1. The number of carbonyl (C=O) groups is 2. The first-order valence-electron chi connectivity index (χ1n) is 7.91. The quantitative estimate of drug-likeness (QED) is 0.885. The largest absolute Gasteiger partial charge is 0.354 e. The minimum absolute atomic E-state index is 0.0134. The van der Waals surface area contributed by atoms with Gasteiger partial charge >= 0.3 is 0 Å². The molecule has 23 heavy (non-hydrogen) atoms. The van der Waals surface area contributed by atoms with Gasteiger partial charge in [0, 0.05) is 30.2 Å². The van der Waals surface area contributed by atoms with Crippen LogP contribution >= 0.6 is 0 Å². The fourth-order valence-electron chi connectivity index (χ4n) is 3.56. The average Bonchev–Trinajstić information content (AvgIpc) is 3.12. The van der Waals surface area contributed by atoms with E-state index in [1.807, 2.05) is 37.1 Å². The summed E-state index contributed by atoms with van der Waals surface area (Å²) in [7, 11) is 0. The van der Waals surface area contributed by atoms with E-state index in [4.69, 9.17) is 0 Å². The zero-order valence-electron chi connectivity index (χ0n) is 13.7. The summed E-state index contributed by atoms with van der Waals surface area (Å²) < 4.78 is 0. The first-order chi connectivity index (χ1) is 11.0. The third kappa shape index (κ3) is 2.67. The maximum absolute atomic E-state index is 13.0. The van der Waals surface area contributed by atoms with E-state index in [0.29, 0.717) is 11.3 Å². The molecule has 1 aliphatic heterocycles. The molecule has 0 radical (unpaired) electrons. The number of aromatic amines is 1. The summed E-state index contributed by atoms with van der Waals surface area (Å²) >= 11 is 0. The van der Waals surface area contributed by atoms with Crippen molar-refractivity contribution in [1.82, 2.24) is 14.9 Å². The van der Waals surface area contributed by atoms with Gasteiger partial charge in [0.05, 0.1) is 6.04 Å². The number of Topliss-reactive ketones (excluding diaryl/α,β-unsaturated/α-hetero) is 1. The van der Waals surface area contributed by atoms with Gasteiger partial charge in [0.1, 0.15) is 5.69 Å². The average molecular weight is 311 g/mol. The lowest BCUT2D eigenvalue weighted by molar-refractivity contribution is 0.0729. The van der Waals surface area contributed by atoms with Gasteiger partial charge in [-0.05, 0) is 50.8 Å². The number of amides is 1. The van der Waals surface area contributed by atoms with E-state index in [9.17, 15) is 9.59 Å². The highest BCUT2D eigenvalue weighted by molar-refractivity contribution is 6.02. The van der Waals surface area contributed by atoms with E-state index in [1.165, 1.54) is 6.92 Å². The molecule has 0 bridgehead atoms. The smallest absolute Gasteiger partial charge is 0.271 e. The van der Waals surface area contributed by atoms with Gasteiger partial charge < -0.3 is 9.88 Å². The van der Waals surface area contributed by atoms with Gasteiger partial charge in [-0.3, -0.25) is 14.6 Å². The predicted molar refractivity (Wildman–Crippen MR) is 87.5 cm³/mol. The molecule has 1 saturated heterocycles. The number of carbonyl (C=O) groups excluding carboxylic acids is 2. The Labute approximate surface area is 135 Å². The fraction of sp³-hybridized carbons (Fsp3) is 0.389. The highest BCUT2D eigenvalue weighted by Gasteiger charge is 2.33. The molecule has 3 heterocycles. The first kappa shape index (κ1) is 15.5. The molecule has 0 unspecified atom stereocenters. The summed E-state index contributed by atoms with van der Waals surface area (Å²) in [6, 6.07) is 3.96. The minimum Gasteiger partial charge on any atom is -0.354 e. The summed E-state index contributed by atoms with van der Waals surface area (Å²) in [5.74, 6) is -0.0509. The monoisotopic (exact) mass is 311 g/mol. The molecule has 1 atom stereocenters. The van der Waals surface area contributed by atoms with E-state index in [2.05, 4.69) is 9.97 Å². The van der Waals surface area contributed by atoms with Crippen LogP contribution in [-0.4, -0.2) is 33.1 Å². The maximum Gasteiger partial charge on any atom is 0.271 e. The van der Waals surface area contributed by atoms with Gasteiger partial charge in [0.25, 0.3) is 5.91 Å². The van der Waals surface area contributed by atoms with Crippen molar-refractivity contribution in [2.24, 2.45) is 0 Å². The fourth-order valence-corrected chi connectivity index (χ4v) is 3.56. The number of hydrogen-bond acceptors (Lipinski definition) is 3. The first-order valence-corrected chi connectivity index (χ1v) is 7.91. The third-order valence-corrected chi connectivity index (χ3v) is 4.59. The van der Waals surface area contributed by atoms with Gasteiger partial charge in [-0.25, -0.2) is 0 Å². The number of likely N-dealkylation sites (tertiary alicyclic amines) is 1. The maximum atomic E-state index is 13.0. The van der Waals surface area contributed by atoms with Crippen LogP contribution in [0.15, 0.2) is 24.5 Å². The van der Waals surface area contributed by atoms with Gasteiger partial charge in [0.15, 0.2) is 5.78 Å². The highest BCUT2D eigenvalue weighted by atomic mass is 16.2. The Hall–Kier alpha value is -2.43. The van der Waals surface area contributed by atoms with Crippen molar-refractivity contribution in [2.75, 3.05) is 6.54 Å². The van der Waals surface area contributed by atoms with Crippen LogP contribution in [0.25, 0.3) is 0 Å². The number of hydrogen-bond donors (Lipinski definition) is 1. The Morgan fingerprint density at radius 2 is 2.13 bits per heavy atom. The van der Waals surface area contributed by atoms with Crippen LogP contribution in [0.3, 0.4) is 0 Å². The standard InChI is InChI=1S/C18H21N3O2/c1-11-16(13(3)22)12(2)20-17(11)18(23)21-9-5-7-15(21)14-6-4-8-19-10-14/h4,6,8,10,15,20H,5,7,9H2,1-3H3/t15-/m1/s1. The Kier molecular flexibility index (Phi) is 4.03. The van der Waals surface area contributed by atoms with Crippen molar-refractivity contribution in [3.05, 3.63) is 52.6 Å². The molecule has 2 aromatic heterocycles. The van der Waals surface area contributed by atoms with Crippen LogP contribution in [0.4, 0.5) is 0 Å². The number of ketones is 1. The predicted octanol–water partition coefficient (Wildman–Crippen LogP) is 3.21. The van der Waals surface area contributed by atoms with E-state index in [1.54, 1.807) is 6.20 Å². The van der Waals surface area contributed by atoms with Crippen molar-refractivity contribution in [1.29, 1.82) is 0 Å². The molecule has 0 saturated carbocycles. The second-order valence-corrected chi connectivity index (χ2v) is 6.12. The van der Waals surface area contributed by atoms with Crippen molar-refractivity contribution in [2.45, 2.75) is 39.7 Å². The Morgan fingerprint density at radius 1 is 1.35 bits per heavy atom. The SMILES string of the molecule is CC(=O)c1c(C)[nH]c(C(=O)N2CCC[C@@H]2c2cccnc2)c1C. The van der Waals surface area contributed by atoms with Crippen LogP contribution in [0, 0.1) is 13.8 Å². The zero-order valence-corrected chi connectivity index (χ0v) is 13.7. The molecule has 1 N–H and O–H groups in total. The zero-order chi connectivity index (χ0) is 16.6. The lowest BCUT2D eigenvalue weighted by Crippen LogP contribution is -2.31. The molecule has 0 spiro atoms. The topological polar surface area (TPSA) is 66.1 Å². The number of aryl methyl sites for hydroxylation is 1. The lowest BCUT2D eigenvalue weighted by Gasteiger charge is -2.24. The molecule has 5 heteroatoms. The van der Waals surface area contributed by atoms with Gasteiger partial charge in [0.2, 0.25) is 0 Å². The van der Waals surface area contributed by atoms with E-state index >= 15 is 0 Å². The molecular weight excluding hydrogens is 290 g/mol. The molecule has 0 aromatic carbocycles. The number of nitrogens with zero attached hydrogens (tertiary/aromatic N) is 2. The van der Waals surface area contributed by atoms with Crippen LogP contribution in [0.1, 0.15) is 63.5 Å². The molecule has 2 aromatic rings. The molecular formula is C18H21N3O2. The summed E-state index contributed by atoms with van der Waals surface area (Å²) in [4.78, 5) is 33.9. The Bertz CT molecular complexity index is 749.